The third kappa shape index (κ3) is 3.54. The Labute approximate surface area is 161 Å². The molecule has 2 aromatic carbocycles. The van der Waals surface area contributed by atoms with Gasteiger partial charge < -0.3 is 10.5 Å². The number of fused-ring (bicyclic) bond motifs is 1. The van der Waals surface area contributed by atoms with Gasteiger partial charge in [0.25, 0.3) is 0 Å². The molecular weight excluding hydrogens is 362 g/mol. The van der Waals surface area contributed by atoms with E-state index < -0.39 is 17.5 Å². The number of pyridine rings is 1. The second-order valence-corrected chi connectivity index (χ2v) is 7.14. The quantitative estimate of drug-likeness (QED) is 0.710. The average Bonchev–Trinajstić information content (AvgIpc) is 2.71. The minimum atomic E-state index is -1.03. The zero-order valence-electron chi connectivity index (χ0n) is 15.2. The first-order valence-corrected chi connectivity index (χ1v) is 9.32. The molecule has 0 saturated heterocycles. The smallest absolute Gasteiger partial charge is 0.248 e. The van der Waals surface area contributed by atoms with Crippen LogP contribution in [0.25, 0.3) is 10.9 Å². The van der Waals surface area contributed by atoms with Crippen LogP contribution in [0.15, 0.2) is 48.7 Å². The van der Waals surface area contributed by atoms with E-state index in [1.165, 1.54) is 6.07 Å². The molecule has 1 aliphatic carbocycles. The van der Waals surface area contributed by atoms with Crippen molar-refractivity contribution in [3.05, 3.63) is 71.4 Å². The molecule has 0 aliphatic heterocycles. The van der Waals surface area contributed by atoms with E-state index in [0.717, 1.165) is 22.7 Å². The predicted octanol–water partition coefficient (Wildman–Crippen LogP) is 4.72. The van der Waals surface area contributed by atoms with Gasteiger partial charge in [-0.25, -0.2) is 8.78 Å². The van der Waals surface area contributed by atoms with Crippen LogP contribution < -0.4 is 10.5 Å². The summed E-state index contributed by atoms with van der Waals surface area (Å²) in [6, 6.07) is 11.8. The standard InChI is InChI=1S/C22H20F2N2O2/c23-18-12-14(22(25)27)11-17(21(18)24)13-5-7-15(8-6-13)28-20-9-10-26-19-4-2-1-3-16(19)20/h1-4,9-13,15H,5-8H2,(H2,25,27). The van der Waals surface area contributed by atoms with Crippen molar-refractivity contribution < 1.29 is 18.3 Å². The highest BCUT2D eigenvalue weighted by Crippen LogP contribution is 2.37. The summed E-state index contributed by atoms with van der Waals surface area (Å²) in [5, 5.41) is 0.953. The van der Waals surface area contributed by atoms with Crippen molar-refractivity contribution in [1.29, 1.82) is 0 Å². The molecule has 0 bridgehead atoms. The number of carbonyl (C=O) groups is 1. The number of para-hydroxylation sites is 1. The Kier molecular flexibility index (Phi) is 4.94. The van der Waals surface area contributed by atoms with Crippen molar-refractivity contribution in [2.45, 2.75) is 37.7 Å². The second-order valence-electron chi connectivity index (χ2n) is 7.14. The first-order chi connectivity index (χ1) is 13.5. The molecule has 1 saturated carbocycles. The lowest BCUT2D eigenvalue weighted by molar-refractivity contribution is 0.0999. The summed E-state index contributed by atoms with van der Waals surface area (Å²) in [5.74, 6) is -2.08. The van der Waals surface area contributed by atoms with Crippen molar-refractivity contribution in [1.82, 2.24) is 4.98 Å². The van der Waals surface area contributed by atoms with Gasteiger partial charge in [-0.2, -0.15) is 0 Å². The Morgan fingerprint density at radius 1 is 1.07 bits per heavy atom. The van der Waals surface area contributed by atoms with Crippen molar-refractivity contribution in [2.24, 2.45) is 5.73 Å². The lowest BCUT2D eigenvalue weighted by atomic mass is 9.82. The van der Waals surface area contributed by atoms with E-state index in [1.807, 2.05) is 30.3 Å². The summed E-state index contributed by atoms with van der Waals surface area (Å²) in [4.78, 5) is 15.7. The molecule has 0 atom stereocenters. The fraction of sp³-hybridized carbons (Fsp3) is 0.273. The Hall–Kier alpha value is -3.02. The van der Waals surface area contributed by atoms with Crippen LogP contribution in [0.5, 0.6) is 5.75 Å². The summed E-state index contributed by atoms with van der Waals surface area (Å²) in [7, 11) is 0. The van der Waals surface area contributed by atoms with E-state index in [1.54, 1.807) is 6.20 Å². The second kappa shape index (κ2) is 7.54. The van der Waals surface area contributed by atoms with E-state index in [-0.39, 0.29) is 23.1 Å². The normalized spacial score (nSPS) is 19.5. The molecule has 1 aromatic heterocycles. The number of carbonyl (C=O) groups excluding carboxylic acids is 1. The van der Waals surface area contributed by atoms with Gasteiger partial charge in [0.1, 0.15) is 5.75 Å². The Morgan fingerprint density at radius 2 is 1.82 bits per heavy atom. The van der Waals surface area contributed by atoms with Crippen LogP contribution >= 0.6 is 0 Å². The number of halogens is 2. The third-order valence-corrected chi connectivity index (χ3v) is 5.36. The predicted molar refractivity (Wildman–Crippen MR) is 102 cm³/mol. The van der Waals surface area contributed by atoms with Crippen LogP contribution in [0.3, 0.4) is 0 Å². The third-order valence-electron chi connectivity index (χ3n) is 5.36. The highest BCUT2D eigenvalue weighted by atomic mass is 19.2. The molecule has 3 aromatic rings. The van der Waals surface area contributed by atoms with Gasteiger partial charge in [-0.3, -0.25) is 9.78 Å². The first kappa shape index (κ1) is 18.3. The van der Waals surface area contributed by atoms with Gasteiger partial charge >= 0.3 is 0 Å². The van der Waals surface area contributed by atoms with Gasteiger partial charge in [0.05, 0.1) is 11.6 Å². The van der Waals surface area contributed by atoms with Crippen LogP contribution in [0.2, 0.25) is 0 Å². The topological polar surface area (TPSA) is 65.2 Å². The zero-order chi connectivity index (χ0) is 19.7. The van der Waals surface area contributed by atoms with Crippen LogP contribution in [0.4, 0.5) is 8.78 Å². The molecule has 4 nitrogen and oxygen atoms in total. The average molecular weight is 382 g/mol. The molecule has 4 rings (SSSR count). The molecule has 2 N–H and O–H groups in total. The summed E-state index contributed by atoms with van der Waals surface area (Å²) in [6.45, 7) is 0. The summed E-state index contributed by atoms with van der Waals surface area (Å²) in [5.41, 5.74) is 6.32. The fourth-order valence-corrected chi connectivity index (χ4v) is 3.89. The van der Waals surface area contributed by atoms with Crippen LogP contribution in [-0.4, -0.2) is 17.0 Å². The van der Waals surface area contributed by atoms with E-state index in [0.29, 0.717) is 25.7 Å². The van der Waals surface area contributed by atoms with E-state index in [9.17, 15) is 13.6 Å². The number of primary amides is 1. The lowest BCUT2D eigenvalue weighted by Crippen LogP contribution is -2.24. The van der Waals surface area contributed by atoms with Crippen LogP contribution in [0, 0.1) is 11.6 Å². The lowest BCUT2D eigenvalue weighted by Gasteiger charge is -2.30. The van der Waals surface area contributed by atoms with E-state index >= 15 is 0 Å². The van der Waals surface area contributed by atoms with Crippen molar-refractivity contribution in [3.63, 3.8) is 0 Å². The molecule has 1 fully saturated rings. The maximum absolute atomic E-state index is 14.3. The highest BCUT2D eigenvalue weighted by Gasteiger charge is 2.27. The Balaban J connectivity index is 1.49. The number of aromatic nitrogens is 1. The number of amides is 1. The van der Waals surface area contributed by atoms with E-state index in [4.69, 9.17) is 10.5 Å². The number of nitrogens with two attached hydrogens (primary N) is 1. The molecule has 0 radical (unpaired) electrons. The molecule has 144 valence electrons. The Bertz CT molecular complexity index is 1020. The number of rotatable bonds is 4. The first-order valence-electron chi connectivity index (χ1n) is 9.32. The fourth-order valence-electron chi connectivity index (χ4n) is 3.89. The zero-order valence-corrected chi connectivity index (χ0v) is 15.2. The largest absolute Gasteiger partial charge is 0.490 e. The SMILES string of the molecule is NC(=O)c1cc(F)c(F)c(C2CCC(Oc3ccnc4ccccc34)CC2)c1. The number of hydrogen-bond donors (Lipinski definition) is 1. The summed E-state index contributed by atoms with van der Waals surface area (Å²) < 4.78 is 34.3. The molecule has 0 spiro atoms. The number of benzene rings is 2. The summed E-state index contributed by atoms with van der Waals surface area (Å²) >= 11 is 0. The van der Waals surface area contributed by atoms with E-state index in [2.05, 4.69) is 4.98 Å². The maximum Gasteiger partial charge on any atom is 0.248 e. The van der Waals surface area contributed by atoms with Gasteiger partial charge in [-0.15, -0.1) is 0 Å². The van der Waals surface area contributed by atoms with Gasteiger partial charge in [0.15, 0.2) is 11.6 Å². The summed E-state index contributed by atoms with van der Waals surface area (Å²) in [6.07, 6.45) is 4.43. The van der Waals surface area contributed by atoms with Gasteiger partial charge in [-0.05, 0) is 67.5 Å². The van der Waals surface area contributed by atoms with Crippen molar-refractivity contribution in [2.75, 3.05) is 0 Å². The molecular formula is C22H20F2N2O2. The molecule has 1 heterocycles. The number of hydrogen-bond acceptors (Lipinski definition) is 3. The number of nitrogens with zero attached hydrogens (tertiary/aromatic N) is 1. The van der Waals surface area contributed by atoms with Crippen molar-refractivity contribution in [3.8, 4) is 5.75 Å². The van der Waals surface area contributed by atoms with Crippen LogP contribution in [-0.2, 0) is 0 Å². The van der Waals surface area contributed by atoms with Gasteiger partial charge in [-0.1, -0.05) is 12.1 Å². The molecule has 6 heteroatoms. The maximum atomic E-state index is 14.3. The Morgan fingerprint density at radius 3 is 2.57 bits per heavy atom. The molecule has 28 heavy (non-hydrogen) atoms. The number of ether oxygens (including phenoxy) is 1. The monoisotopic (exact) mass is 382 g/mol. The van der Waals surface area contributed by atoms with Crippen molar-refractivity contribution >= 4 is 16.8 Å². The molecule has 1 aliphatic rings. The van der Waals surface area contributed by atoms with Gasteiger partial charge in [0.2, 0.25) is 5.91 Å². The molecule has 0 unspecified atom stereocenters. The highest BCUT2D eigenvalue weighted by molar-refractivity contribution is 5.93. The van der Waals surface area contributed by atoms with Gasteiger partial charge in [0, 0.05) is 17.1 Å². The minimum Gasteiger partial charge on any atom is -0.490 e. The molecule has 1 amide bonds. The van der Waals surface area contributed by atoms with Crippen LogP contribution in [0.1, 0.15) is 47.5 Å². The minimum absolute atomic E-state index is 0.00414.